The monoisotopic (exact) mass is 527 g/mol. The molecule has 1 aliphatic rings. The highest BCUT2D eigenvalue weighted by molar-refractivity contribution is 5.47. The van der Waals surface area contributed by atoms with Gasteiger partial charge in [0, 0.05) is 19.6 Å². The van der Waals surface area contributed by atoms with E-state index in [1.807, 2.05) is 96.5 Å². The number of aromatic nitrogens is 2. The Bertz CT molecular complexity index is 1320. The maximum atomic E-state index is 10.9. The van der Waals surface area contributed by atoms with Crippen molar-refractivity contribution in [1.29, 1.82) is 0 Å². The number of benzene rings is 3. The van der Waals surface area contributed by atoms with Crippen LogP contribution in [-0.2, 0) is 17.9 Å². The van der Waals surface area contributed by atoms with Crippen molar-refractivity contribution >= 4 is 0 Å². The van der Waals surface area contributed by atoms with Crippen LogP contribution < -0.4 is 9.47 Å². The van der Waals surface area contributed by atoms with Crippen LogP contribution in [0, 0.1) is 12.8 Å². The average molecular weight is 528 g/mol. The number of hydrogen-bond donors (Lipinski definition) is 1. The molecule has 0 saturated heterocycles. The second kappa shape index (κ2) is 12.9. The van der Waals surface area contributed by atoms with Crippen LogP contribution in [0.2, 0.25) is 0 Å². The van der Waals surface area contributed by atoms with Crippen molar-refractivity contribution in [3.63, 3.8) is 0 Å². The second-order valence-electron chi connectivity index (χ2n) is 10.2. The van der Waals surface area contributed by atoms with E-state index >= 15 is 0 Å². The molecule has 7 heteroatoms. The third-order valence-corrected chi connectivity index (χ3v) is 6.90. The summed E-state index contributed by atoms with van der Waals surface area (Å²) in [6.45, 7) is 4.81. The van der Waals surface area contributed by atoms with Gasteiger partial charge in [0.05, 0.1) is 43.4 Å². The molecule has 1 heterocycles. The molecule has 4 aromatic rings. The summed E-state index contributed by atoms with van der Waals surface area (Å²) in [7, 11) is 1.64. The summed E-state index contributed by atoms with van der Waals surface area (Å²) in [6.07, 6.45) is 1.85. The molecule has 0 radical (unpaired) electrons. The molecule has 3 aromatic carbocycles. The van der Waals surface area contributed by atoms with Crippen molar-refractivity contribution in [3.8, 4) is 23.1 Å². The molecule has 7 nitrogen and oxygen atoms in total. The van der Waals surface area contributed by atoms with Gasteiger partial charge in [-0.05, 0) is 55.5 Å². The Labute approximate surface area is 230 Å². The molecule has 1 aliphatic carbocycles. The van der Waals surface area contributed by atoms with Gasteiger partial charge in [-0.3, -0.25) is 4.90 Å². The molecule has 1 aromatic heterocycles. The predicted molar refractivity (Wildman–Crippen MR) is 151 cm³/mol. The Morgan fingerprint density at radius 3 is 2.31 bits per heavy atom. The van der Waals surface area contributed by atoms with Crippen molar-refractivity contribution in [2.24, 2.45) is 5.92 Å². The maximum Gasteiger partial charge on any atom is 0.227 e. The number of nitrogens with zero attached hydrogens (tertiary/aromatic N) is 3. The Morgan fingerprint density at radius 2 is 1.62 bits per heavy atom. The molecule has 0 unspecified atom stereocenters. The molecule has 204 valence electrons. The Kier molecular flexibility index (Phi) is 8.93. The average Bonchev–Trinajstić information content (AvgIpc) is 3.73. The summed E-state index contributed by atoms with van der Waals surface area (Å²) in [5.74, 6) is 2.59. The minimum Gasteiger partial charge on any atom is -0.493 e. The van der Waals surface area contributed by atoms with Crippen LogP contribution in [0.5, 0.6) is 17.4 Å². The van der Waals surface area contributed by atoms with E-state index in [4.69, 9.17) is 19.3 Å². The van der Waals surface area contributed by atoms with Gasteiger partial charge >= 0.3 is 0 Å². The highest BCUT2D eigenvalue weighted by Gasteiger charge is 2.28. The van der Waals surface area contributed by atoms with Crippen LogP contribution >= 0.6 is 0 Å². The van der Waals surface area contributed by atoms with Gasteiger partial charge in [-0.1, -0.05) is 60.7 Å². The first kappa shape index (κ1) is 26.9. The van der Waals surface area contributed by atoms with E-state index in [1.54, 1.807) is 7.11 Å². The lowest BCUT2D eigenvalue weighted by Gasteiger charge is -2.25. The van der Waals surface area contributed by atoms with E-state index in [0.717, 1.165) is 29.1 Å². The first-order valence-corrected chi connectivity index (χ1v) is 13.6. The summed E-state index contributed by atoms with van der Waals surface area (Å²) >= 11 is 0. The molecule has 0 aliphatic heterocycles. The van der Waals surface area contributed by atoms with Gasteiger partial charge < -0.3 is 19.3 Å². The number of aliphatic hydroxyl groups excluding tert-OH is 1. The van der Waals surface area contributed by atoms with Gasteiger partial charge in [-0.15, -0.1) is 0 Å². The van der Waals surface area contributed by atoms with Gasteiger partial charge in [0.1, 0.15) is 0 Å². The minimum absolute atomic E-state index is 0.281. The highest BCUT2D eigenvalue weighted by atomic mass is 16.5. The number of rotatable bonds is 14. The number of aryl methyl sites for hydroxylation is 1. The van der Waals surface area contributed by atoms with Crippen molar-refractivity contribution < 1.29 is 19.3 Å². The predicted octanol–water partition coefficient (Wildman–Crippen LogP) is 5.77. The van der Waals surface area contributed by atoms with E-state index in [0.29, 0.717) is 43.0 Å². The number of ether oxygens (including phenoxy) is 3. The van der Waals surface area contributed by atoms with Gasteiger partial charge in [0.2, 0.25) is 5.88 Å². The molecule has 5 rings (SSSR count). The lowest BCUT2D eigenvalue weighted by Crippen LogP contribution is -2.36. The first-order chi connectivity index (χ1) is 19.1. The summed E-state index contributed by atoms with van der Waals surface area (Å²) in [5, 5.41) is 15.8. The molecule has 1 fully saturated rings. The standard InChI is InChI=1S/C32H37N3O4/c1-24-29(21-34(19-25-17-18-25)20-28(36)23-38-22-26-11-5-3-6-12-26)32(35(33-24)27-13-7-4-8-14-27)39-31-16-10-9-15-30(31)37-2/h3-16,25,28,36H,17-23H2,1-2H3/t28-/m1/s1. The van der Waals surface area contributed by atoms with Gasteiger partial charge in [0.15, 0.2) is 11.5 Å². The largest absolute Gasteiger partial charge is 0.493 e. The topological polar surface area (TPSA) is 69.0 Å². The van der Waals surface area contributed by atoms with Crippen LogP contribution in [0.25, 0.3) is 5.69 Å². The molecule has 0 spiro atoms. The number of hydrogen-bond acceptors (Lipinski definition) is 6. The molecular formula is C32H37N3O4. The van der Waals surface area contributed by atoms with Crippen LogP contribution in [0.4, 0.5) is 0 Å². The molecule has 1 atom stereocenters. The molecule has 0 amide bonds. The smallest absolute Gasteiger partial charge is 0.227 e. The lowest BCUT2D eigenvalue weighted by atomic mass is 10.2. The summed E-state index contributed by atoms with van der Waals surface area (Å²) in [6, 6.07) is 27.7. The fraction of sp³-hybridized carbons (Fsp3) is 0.344. The number of para-hydroxylation sites is 3. The normalized spacial score (nSPS) is 13.9. The van der Waals surface area contributed by atoms with Crippen molar-refractivity contribution in [2.45, 2.75) is 39.0 Å². The van der Waals surface area contributed by atoms with Crippen molar-refractivity contribution in [2.75, 3.05) is 26.8 Å². The molecule has 39 heavy (non-hydrogen) atoms. The Balaban J connectivity index is 1.37. The van der Waals surface area contributed by atoms with Crippen molar-refractivity contribution in [1.82, 2.24) is 14.7 Å². The third kappa shape index (κ3) is 7.26. The van der Waals surface area contributed by atoms with E-state index in [9.17, 15) is 5.11 Å². The summed E-state index contributed by atoms with van der Waals surface area (Å²) in [4.78, 5) is 2.31. The summed E-state index contributed by atoms with van der Waals surface area (Å²) in [5.41, 5.74) is 3.89. The second-order valence-corrected chi connectivity index (χ2v) is 10.2. The van der Waals surface area contributed by atoms with Gasteiger partial charge in [-0.25, -0.2) is 4.68 Å². The fourth-order valence-electron chi connectivity index (χ4n) is 4.71. The van der Waals surface area contributed by atoms with Gasteiger partial charge in [-0.2, -0.15) is 5.10 Å². The lowest BCUT2D eigenvalue weighted by molar-refractivity contribution is 0.00769. The zero-order valence-electron chi connectivity index (χ0n) is 22.7. The van der Waals surface area contributed by atoms with E-state index < -0.39 is 6.10 Å². The SMILES string of the molecule is COc1ccccc1Oc1c(CN(CC2CC2)C[C@@H](O)COCc2ccccc2)c(C)nn1-c1ccccc1. The third-order valence-electron chi connectivity index (χ3n) is 6.90. The van der Waals surface area contributed by atoms with Crippen LogP contribution in [0.1, 0.15) is 29.7 Å². The highest BCUT2D eigenvalue weighted by Crippen LogP contribution is 2.37. The Hall–Kier alpha value is -3.65. The minimum atomic E-state index is -0.601. The molecule has 0 bridgehead atoms. The zero-order valence-corrected chi connectivity index (χ0v) is 22.7. The van der Waals surface area contributed by atoms with Crippen molar-refractivity contribution in [3.05, 3.63) is 102 Å². The molecule has 1 saturated carbocycles. The maximum absolute atomic E-state index is 10.9. The summed E-state index contributed by atoms with van der Waals surface area (Å²) < 4.78 is 19.8. The van der Waals surface area contributed by atoms with Crippen LogP contribution in [-0.4, -0.2) is 52.7 Å². The fourth-order valence-corrected chi connectivity index (χ4v) is 4.71. The van der Waals surface area contributed by atoms with E-state index in [2.05, 4.69) is 4.90 Å². The van der Waals surface area contributed by atoms with Crippen LogP contribution in [0.3, 0.4) is 0 Å². The van der Waals surface area contributed by atoms with E-state index in [-0.39, 0.29) is 6.61 Å². The molecule has 1 N–H and O–H groups in total. The molecular weight excluding hydrogens is 490 g/mol. The quantitative estimate of drug-likeness (QED) is 0.225. The number of aliphatic hydroxyl groups is 1. The van der Waals surface area contributed by atoms with E-state index in [1.165, 1.54) is 12.8 Å². The Morgan fingerprint density at radius 1 is 0.949 bits per heavy atom. The zero-order chi connectivity index (χ0) is 27.0. The van der Waals surface area contributed by atoms with Crippen LogP contribution in [0.15, 0.2) is 84.9 Å². The first-order valence-electron chi connectivity index (χ1n) is 13.6. The number of methoxy groups -OCH3 is 1. The van der Waals surface area contributed by atoms with Gasteiger partial charge in [0.25, 0.3) is 0 Å².